The Morgan fingerprint density at radius 1 is 0.900 bits per heavy atom. The average Bonchev–Trinajstić information content (AvgIpc) is 3.26. The Morgan fingerprint density at radius 3 is 2.15 bits per heavy atom. The third kappa shape index (κ3) is 6.68. The van der Waals surface area contributed by atoms with Gasteiger partial charge in [0.15, 0.2) is 0 Å². The standard InChI is InChI=1S/C34H40N4O2/c1-7-8-22-37(33(40)27-16-18-28(19-17-27)34(4,5)6)23-30(39)35-32-31(26-12-10-9-11-13-26)25(3)36-38(32)29-20-14-24(2)15-21-29/h9-21H,7-8,22-23H2,1-6H3,(H,35,39). The number of unbranched alkanes of at least 4 members (excludes halogenated alkanes) is 1. The molecule has 0 aliphatic rings. The summed E-state index contributed by atoms with van der Waals surface area (Å²) in [4.78, 5) is 28.8. The van der Waals surface area contributed by atoms with Gasteiger partial charge in [0.05, 0.1) is 11.4 Å². The number of aromatic nitrogens is 2. The molecule has 4 aromatic rings. The number of carbonyl (C=O) groups excluding carboxylic acids is 2. The second-order valence-corrected chi connectivity index (χ2v) is 11.4. The second kappa shape index (κ2) is 12.3. The molecule has 0 saturated carbocycles. The van der Waals surface area contributed by atoms with Crippen molar-refractivity contribution in [2.45, 2.75) is 59.8 Å². The zero-order valence-electron chi connectivity index (χ0n) is 24.5. The molecule has 0 fully saturated rings. The van der Waals surface area contributed by atoms with E-state index in [0.29, 0.717) is 17.9 Å². The lowest BCUT2D eigenvalue weighted by Crippen LogP contribution is -2.39. The van der Waals surface area contributed by atoms with E-state index >= 15 is 0 Å². The number of aryl methyl sites for hydroxylation is 2. The molecule has 6 heteroatoms. The highest BCUT2D eigenvalue weighted by Gasteiger charge is 2.24. The van der Waals surface area contributed by atoms with Crippen molar-refractivity contribution >= 4 is 17.6 Å². The van der Waals surface area contributed by atoms with E-state index in [1.165, 1.54) is 0 Å². The topological polar surface area (TPSA) is 67.2 Å². The summed E-state index contributed by atoms with van der Waals surface area (Å²) in [5.74, 6) is 0.187. The maximum atomic E-state index is 13.6. The molecule has 0 aliphatic carbocycles. The molecule has 0 spiro atoms. The SMILES string of the molecule is CCCCN(CC(=O)Nc1c(-c2ccccc2)c(C)nn1-c1ccc(C)cc1)C(=O)c1ccc(C(C)(C)C)cc1. The van der Waals surface area contributed by atoms with Gasteiger partial charge in [0.2, 0.25) is 5.91 Å². The Morgan fingerprint density at radius 2 is 1.55 bits per heavy atom. The molecule has 0 radical (unpaired) electrons. The normalized spacial score (nSPS) is 11.3. The number of benzene rings is 3. The number of hydrogen-bond donors (Lipinski definition) is 1. The number of rotatable bonds is 9. The van der Waals surface area contributed by atoms with Crippen molar-refractivity contribution < 1.29 is 9.59 Å². The van der Waals surface area contributed by atoms with Gasteiger partial charge in [0, 0.05) is 17.7 Å². The van der Waals surface area contributed by atoms with Crippen LogP contribution in [0.25, 0.3) is 16.8 Å². The van der Waals surface area contributed by atoms with Gasteiger partial charge in [-0.3, -0.25) is 9.59 Å². The van der Waals surface area contributed by atoms with Crippen LogP contribution in [0.15, 0.2) is 78.9 Å². The first kappa shape index (κ1) is 28.8. The zero-order valence-corrected chi connectivity index (χ0v) is 24.5. The summed E-state index contributed by atoms with van der Waals surface area (Å²) in [6, 6.07) is 25.7. The van der Waals surface area contributed by atoms with Gasteiger partial charge in [-0.05, 0) is 61.1 Å². The Hall–Kier alpha value is -4.19. The molecule has 0 atom stereocenters. The summed E-state index contributed by atoms with van der Waals surface area (Å²) < 4.78 is 1.78. The fraction of sp³-hybridized carbons (Fsp3) is 0.324. The second-order valence-electron chi connectivity index (χ2n) is 11.4. The molecule has 208 valence electrons. The highest BCUT2D eigenvalue weighted by molar-refractivity contribution is 6.01. The molecular weight excluding hydrogens is 496 g/mol. The van der Waals surface area contributed by atoms with Crippen LogP contribution in [0.1, 0.15) is 67.7 Å². The van der Waals surface area contributed by atoms with Crippen LogP contribution in [0.2, 0.25) is 0 Å². The Labute approximate surface area is 238 Å². The fourth-order valence-corrected chi connectivity index (χ4v) is 4.71. The van der Waals surface area contributed by atoms with Crippen LogP contribution < -0.4 is 5.32 Å². The first-order valence-electron chi connectivity index (χ1n) is 14.0. The van der Waals surface area contributed by atoms with E-state index in [9.17, 15) is 9.59 Å². The molecule has 40 heavy (non-hydrogen) atoms. The molecule has 3 aromatic carbocycles. The molecule has 0 saturated heterocycles. The van der Waals surface area contributed by atoms with Gasteiger partial charge in [-0.2, -0.15) is 5.10 Å². The van der Waals surface area contributed by atoms with Crippen LogP contribution >= 0.6 is 0 Å². The molecule has 4 rings (SSSR count). The van der Waals surface area contributed by atoms with E-state index in [4.69, 9.17) is 5.10 Å². The number of amides is 2. The third-order valence-electron chi connectivity index (χ3n) is 7.06. The molecule has 0 bridgehead atoms. The predicted molar refractivity (Wildman–Crippen MR) is 163 cm³/mol. The van der Waals surface area contributed by atoms with Crippen molar-refractivity contribution in [3.05, 3.63) is 101 Å². The van der Waals surface area contributed by atoms with Crippen molar-refractivity contribution in [3.63, 3.8) is 0 Å². The Bertz CT molecular complexity index is 1450. The van der Waals surface area contributed by atoms with E-state index in [1.807, 2.05) is 92.7 Å². The molecule has 0 aliphatic heterocycles. The summed E-state index contributed by atoms with van der Waals surface area (Å²) >= 11 is 0. The smallest absolute Gasteiger partial charge is 0.254 e. The van der Waals surface area contributed by atoms with Crippen LogP contribution in [0, 0.1) is 13.8 Å². The van der Waals surface area contributed by atoms with Gasteiger partial charge in [0.1, 0.15) is 12.4 Å². The largest absolute Gasteiger partial charge is 0.329 e. The molecule has 1 aromatic heterocycles. The Kier molecular flexibility index (Phi) is 8.88. The minimum Gasteiger partial charge on any atom is -0.329 e. The van der Waals surface area contributed by atoms with Gasteiger partial charge in [-0.25, -0.2) is 4.68 Å². The van der Waals surface area contributed by atoms with Crippen LogP contribution in [-0.4, -0.2) is 39.6 Å². The summed E-state index contributed by atoms with van der Waals surface area (Å²) in [6.07, 6.45) is 1.74. The van der Waals surface area contributed by atoms with Gasteiger partial charge >= 0.3 is 0 Å². The lowest BCUT2D eigenvalue weighted by Gasteiger charge is -2.23. The van der Waals surface area contributed by atoms with E-state index in [0.717, 1.165) is 46.5 Å². The monoisotopic (exact) mass is 536 g/mol. The van der Waals surface area contributed by atoms with Crippen molar-refractivity contribution in [1.29, 1.82) is 0 Å². The summed E-state index contributed by atoms with van der Waals surface area (Å²) in [5.41, 5.74) is 6.37. The maximum absolute atomic E-state index is 13.6. The number of anilines is 1. The molecular formula is C34H40N4O2. The van der Waals surface area contributed by atoms with Crippen LogP contribution in [0.5, 0.6) is 0 Å². The molecule has 1 N–H and O–H groups in total. The van der Waals surface area contributed by atoms with Crippen LogP contribution in [0.4, 0.5) is 5.82 Å². The quantitative estimate of drug-likeness (QED) is 0.243. The lowest BCUT2D eigenvalue weighted by molar-refractivity contribution is -0.116. The minimum absolute atomic E-state index is 0.00163. The maximum Gasteiger partial charge on any atom is 0.254 e. The van der Waals surface area contributed by atoms with Crippen molar-refractivity contribution in [3.8, 4) is 16.8 Å². The molecule has 2 amide bonds. The van der Waals surface area contributed by atoms with Crippen molar-refractivity contribution in [2.75, 3.05) is 18.4 Å². The number of carbonyl (C=O) groups is 2. The van der Waals surface area contributed by atoms with Gasteiger partial charge in [-0.1, -0.05) is 94.3 Å². The summed E-state index contributed by atoms with van der Waals surface area (Å²) in [5, 5.41) is 7.92. The van der Waals surface area contributed by atoms with E-state index < -0.39 is 0 Å². The average molecular weight is 537 g/mol. The molecule has 1 heterocycles. The highest BCUT2D eigenvalue weighted by atomic mass is 16.2. The first-order valence-corrected chi connectivity index (χ1v) is 14.0. The van der Waals surface area contributed by atoms with Gasteiger partial charge in [-0.15, -0.1) is 0 Å². The molecule has 0 unspecified atom stereocenters. The molecule has 6 nitrogen and oxygen atoms in total. The van der Waals surface area contributed by atoms with Gasteiger partial charge in [0.25, 0.3) is 5.91 Å². The lowest BCUT2D eigenvalue weighted by atomic mass is 9.86. The summed E-state index contributed by atoms with van der Waals surface area (Å²) in [6.45, 7) is 13.0. The summed E-state index contributed by atoms with van der Waals surface area (Å²) in [7, 11) is 0. The van der Waals surface area contributed by atoms with E-state index in [1.54, 1.807) is 9.58 Å². The first-order chi connectivity index (χ1) is 19.1. The number of hydrogen-bond acceptors (Lipinski definition) is 3. The van der Waals surface area contributed by atoms with Crippen molar-refractivity contribution in [1.82, 2.24) is 14.7 Å². The van der Waals surface area contributed by atoms with E-state index in [2.05, 4.69) is 33.0 Å². The number of nitrogens with one attached hydrogen (secondary N) is 1. The van der Waals surface area contributed by atoms with Crippen LogP contribution in [0.3, 0.4) is 0 Å². The minimum atomic E-state index is -0.263. The fourth-order valence-electron chi connectivity index (χ4n) is 4.71. The Balaban J connectivity index is 1.64. The highest BCUT2D eigenvalue weighted by Crippen LogP contribution is 2.33. The zero-order chi connectivity index (χ0) is 28.9. The number of nitrogens with zero attached hydrogens (tertiary/aromatic N) is 3. The van der Waals surface area contributed by atoms with Gasteiger partial charge < -0.3 is 10.2 Å². The third-order valence-corrected chi connectivity index (χ3v) is 7.06. The van der Waals surface area contributed by atoms with Crippen LogP contribution in [-0.2, 0) is 10.2 Å². The van der Waals surface area contributed by atoms with Crippen molar-refractivity contribution in [2.24, 2.45) is 0 Å². The predicted octanol–water partition coefficient (Wildman–Crippen LogP) is 7.33. The van der Waals surface area contributed by atoms with E-state index in [-0.39, 0.29) is 23.8 Å².